The third kappa shape index (κ3) is 4.35. The fourth-order valence-electron chi connectivity index (χ4n) is 2.91. The topological polar surface area (TPSA) is 120 Å². The van der Waals surface area contributed by atoms with Crippen LogP contribution >= 0.6 is 11.8 Å². The number of fused-ring (bicyclic) bond motifs is 1. The molecule has 30 heavy (non-hydrogen) atoms. The lowest BCUT2D eigenvalue weighted by atomic mass is 10.1. The molecule has 152 valence electrons. The zero-order valence-electron chi connectivity index (χ0n) is 16.1. The molecule has 11 heteroatoms. The molecule has 1 N–H and O–H groups in total. The van der Waals surface area contributed by atoms with Crippen molar-refractivity contribution in [3.63, 3.8) is 0 Å². The van der Waals surface area contributed by atoms with Crippen LogP contribution in [0.2, 0.25) is 0 Å². The molecule has 0 spiro atoms. The van der Waals surface area contributed by atoms with E-state index in [9.17, 15) is 9.59 Å². The van der Waals surface area contributed by atoms with Crippen molar-refractivity contribution in [1.82, 2.24) is 40.3 Å². The van der Waals surface area contributed by atoms with E-state index in [1.165, 1.54) is 21.1 Å². The Kier molecular flexibility index (Phi) is 5.80. The Morgan fingerprint density at radius 3 is 2.73 bits per heavy atom. The molecule has 0 atom stereocenters. The molecule has 3 aromatic heterocycles. The number of pyridine rings is 1. The summed E-state index contributed by atoms with van der Waals surface area (Å²) in [5, 5.41) is 20.3. The molecule has 0 fully saturated rings. The standard InChI is InChI=1S/C19H18N8O2S/c1-26-19(22-24-25-26)30-12-17(28)21-10-16-14-6-2-3-7-15(14)18(29)27(23-16)11-13-5-4-8-20-9-13/h2-9H,10-12H2,1H3,(H,21,28). The van der Waals surface area contributed by atoms with Gasteiger partial charge < -0.3 is 5.32 Å². The molecule has 0 aliphatic carbocycles. The van der Waals surface area contributed by atoms with Gasteiger partial charge in [-0.2, -0.15) is 5.10 Å². The van der Waals surface area contributed by atoms with Crippen molar-refractivity contribution >= 4 is 28.4 Å². The Hall–Kier alpha value is -3.60. The minimum absolute atomic E-state index is 0.168. The SMILES string of the molecule is Cn1nnnc1SCC(=O)NCc1nn(Cc2cccnc2)c(=O)c2ccccc12. The maximum atomic E-state index is 12.9. The smallest absolute Gasteiger partial charge is 0.274 e. The van der Waals surface area contributed by atoms with Crippen LogP contribution in [0.5, 0.6) is 0 Å². The van der Waals surface area contributed by atoms with Gasteiger partial charge in [-0.15, -0.1) is 5.10 Å². The van der Waals surface area contributed by atoms with Crippen molar-refractivity contribution in [2.24, 2.45) is 7.05 Å². The van der Waals surface area contributed by atoms with Gasteiger partial charge in [-0.25, -0.2) is 9.36 Å². The summed E-state index contributed by atoms with van der Waals surface area (Å²) < 4.78 is 2.90. The Labute approximate surface area is 175 Å². The first-order valence-electron chi connectivity index (χ1n) is 9.11. The van der Waals surface area contributed by atoms with Crippen LogP contribution in [0.25, 0.3) is 10.8 Å². The minimum Gasteiger partial charge on any atom is -0.350 e. The highest BCUT2D eigenvalue weighted by Crippen LogP contribution is 2.15. The first kappa shape index (κ1) is 19.7. The average molecular weight is 422 g/mol. The van der Waals surface area contributed by atoms with Gasteiger partial charge in [0.2, 0.25) is 11.1 Å². The molecule has 4 rings (SSSR count). The highest BCUT2D eigenvalue weighted by Gasteiger charge is 2.13. The summed E-state index contributed by atoms with van der Waals surface area (Å²) in [7, 11) is 1.71. The number of carbonyl (C=O) groups excluding carboxylic acids is 1. The van der Waals surface area contributed by atoms with E-state index in [1.807, 2.05) is 30.3 Å². The lowest BCUT2D eigenvalue weighted by molar-refractivity contribution is -0.118. The molecule has 0 saturated heterocycles. The Balaban J connectivity index is 1.54. The lowest BCUT2D eigenvalue weighted by Crippen LogP contribution is -2.29. The predicted octanol–water partition coefficient (Wildman–Crippen LogP) is 0.772. The van der Waals surface area contributed by atoms with E-state index in [0.29, 0.717) is 22.8 Å². The summed E-state index contributed by atoms with van der Waals surface area (Å²) in [4.78, 5) is 29.2. The van der Waals surface area contributed by atoms with E-state index in [1.54, 1.807) is 25.5 Å². The third-order valence-electron chi connectivity index (χ3n) is 4.37. The second-order valence-corrected chi connectivity index (χ2v) is 7.41. The second-order valence-electron chi connectivity index (χ2n) is 6.47. The number of aryl methyl sites for hydroxylation is 1. The summed E-state index contributed by atoms with van der Waals surface area (Å²) in [6.45, 7) is 0.498. The largest absolute Gasteiger partial charge is 0.350 e. The summed E-state index contributed by atoms with van der Waals surface area (Å²) >= 11 is 1.24. The van der Waals surface area contributed by atoms with E-state index < -0.39 is 0 Å². The van der Waals surface area contributed by atoms with Gasteiger partial charge in [0.05, 0.1) is 29.9 Å². The molecule has 0 radical (unpaired) electrons. The fourth-order valence-corrected chi connectivity index (χ4v) is 3.59. The average Bonchev–Trinajstić information content (AvgIpc) is 3.19. The number of aromatic nitrogens is 7. The molecule has 0 saturated carbocycles. The molecule has 0 aliphatic heterocycles. The fraction of sp³-hybridized carbons (Fsp3) is 0.211. The van der Waals surface area contributed by atoms with Gasteiger partial charge in [0.25, 0.3) is 5.56 Å². The van der Waals surface area contributed by atoms with Gasteiger partial charge in [-0.1, -0.05) is 36.0 Å². The van der Waals surface area contributed by atoms with Gasteiger partial charge in [-0.3, -0.25) is 14.6 Å². The van der Waals surface area contributed by atoms with Gasteiger partial charge in [0, 0.05) is 24.8 Å². The molecule has 1 aromatic carbocycles. The highest BCUT2D eigenvalue weighted by atomic mass is 32.2. The van der Waals surface area contributed by atoms with Crippen molar-refractivity contribution in [3.8, 4) is 0 Å². The number of tetrazole rings is 1. The quantitative estimate of drug-likeness (QED) is 0.434. The lowest BCUT2D eigenvalue weighted by Gasteiger charge is -2.12. The van der Waals surface area contributed by atoms with Crippen molar-refractivity contribution in [1.29, 1.82) is 0 Å². The number of hydrogen-bond acceptors (Lipinski definition) is 8. The monoisotopic (exact) mass is 422 g/mol. The Bertz CT molecular complexity index is 1240. The van der Waals surface area contributed by atoms with Gasteiger partial charge in [-0.05, 0) is 28.1 Å². The van der Waals surface area contributed by atoms with E-state index in [4.69, 9.17) is 0 Å². The zero-order valence-corrected chi connectivity index (χ0v) is 16.9. The Morgan fingerprint density at radius 2 is 2.00 bits per heavy atom. The van der Waals surface area contributed by atoms with Crippen LogP contribution in [0.4, 0.5) is 0 Å². The first-order chi connectivity index (χ1) is 14.6. The van der Waals surface area contributed by atoms with E-state index in [-0.39, 0.29) is 23.8 Å². The number of carbonyl (C=O) groups is 1. The van der Waals surface area contributed by atoms with Crippen molar-refractivity contribution in [3.05, 3.63) is 70.4 Å². The second kappa shape index (κ2) is 8.82. The number of nitrogens with one attached hydrogen (secondary N) is 1. The summed E-state index contributed by atoms with van der Waals surface area (Å²) in [6, 6.07) is 11.0. The van der Waals surface area contributed by atoms with Crippen molar-refractivity contribution in [2.75, 3.05) is 5.75 Å². The van der Waals surface area contributed by atoms with Crippen LogP contribution in [0.3, 0.4) is 0 Å². The van der Waals surface area contributed by atoms with Gasteiger partial charge in [0.1, 0.15) is 0 Å². The van der Waals surface area contributed by atoms with Crippen LogP contribution in [-0.2, 0) is 24.9 Å². The van der Waals surface area contributed by atoms with Crippen LogP contribution < -0.4 is 10.9 Å². The van der Waals surface area contributed by atoms with E-state index in [0.717, 1.165) is 10.9 Å². The van der Waals surface area contributed by atoms with E-state index in [2.05, 4.69) is 30.9 Å². The molecule has 0 unspecified atom stereocenters. The number of rotatable bonds is 7. The van der Waals surface area contributed by atoms with Gasteiger partial charge >= 0.3 is 0 Å². The summed E-state index contributed by atoms with van der Waals surface area (Å²) in [6.07, 6.45) is 3.37. The molecule has 0 aliphatic rings. The summed E-state index contributed by atoms with van der Waals surface area (Å²) in [5.74, 6) is -0.0135. The zero-order chi connectivity index (χ0) is 20.9. The number of amides is 1. The number of hydrogen-bond donors (Lipinski definition) is 1. The van der Waals surface area contributed by atoms with Crippen molar-refractivity contribution in [2.45, 2.75) is 18.2 Å². The van der Waals surface area contributed by atoms with Crippen LogP contribution in [-0.4, -0.2) is 46.6 Å². The van der Waals surface area contributed by atoms with Crippen LogP contribution in [0.15, 0.2) is 58.7 Å². The maximum absolute atomic E-state index is 12.9. The van der Waals surface area contributed by atoms with Crippen molar-refractivity contribution < 1.29 is 4.79 Å². The van der Waals surface area contributed by atoms with Crippen LogP contribution in [0, 0.1) is 0 Å². The number of nitrogens with zero attached hydrogens (tertiary/aromatic N) is 7. The molecular weight excluding hydrogens is 404 g/mol. The minimum atomic E-state index is -0.185. The first-order valence-corrected chi connectivity index (χ1v) is 10.1. The van der Waals surface area contributed by atoms with Crippen LogP contribution in [0.1, 0.15) is 11.3 Å². The molecule has 3 heterocycles. The molecule has 0 bridgehead atoms. The highest BCUT2D eigenvalue weighted by molar-refractivity contribution is 7.99. The molecular formula is C19H18N8O2S. The van der Waals surface area contributed by atoms with E-state index >= 15 is 0 Å². The molecule has 10 nitrogen and oxygen atoms in total. The van der Waals surface area contributed by atoms with Gasteiger partial charge in [0.15, 0.2) is 0 Å². The number of thioether (sulfide) groups is 1. The maximum Gasteiger partial charge on any atom is 0.274 e. The summed E-state index contributed by atoms with van der Waals surface area (Å²) in [5.41, 5.74) is 1.30. The normalized spacial score (nSPS) is 11.0. The third-order valence-corrected chi connectivity index (χ3v) is 5.38. The number of benzene rings is 1. The predicted molar refractivity (Wildman–Crippen MR) is 111 cm³/mol. The molecule has 1 amide bonds. The Morgan fingerprint density at radius 1 is 1.17 bits per heavy atom. The molecule has 4 aromatic rings.